The van der Waals surface area contributed by atoms with Crippen molar-refractivity contribution in [3.63, 3.8) is 0 Å². The van der Waals surface area contributed by atoms with E-state index in [1.54, 1.807) is 18.2 Å². The largest absolute Gasteiger partial charge is 0.399 e. The van der Waals surface area contributed by atoms with Gasteiger partial charge in [-0.2, -0.15) is 5.10 Å². The number of aliphatic hydroxyl groups excluding tert-OH is 1. The first kappa shape index (κ1) is 23.9. The summed E-state index contributed by atoms with van der Waals surface area (Å²) in [5.74, 6) is -3.19. The highest BCUT2D eigenvalue weighted by atomic mass is 19.1. The first-order valence-electron chi connectivity index (χ1n) is 10.1. The summed E-state index contributed by atoms with van der Waals surface area (Å²) >= 11 is 0. The number of nitrogens with one attached hydrogen (secondary N) is 3. The summed E-state index contributed by atoms with van der Waals surface area (Å²) in [4.78, 5) is 24.7. The number of hydrogen-bond donors (Lipinski definition) is 5. The van der Waals surface area contributed by atoms with Crippen molar-refractivity contribution in [3.05, 3.63) is 77.0 Å². The lowest BCUT2D eigenvalue weighted by molar-refractivity contribution is -0.132. The Labute approximate surface area is 189 Å². The van der Waals surface area contributed by atoms with Crippen LogP contribution >= 0.6 is 0 Å². The summed E-state index contributed by atoms with van der Waals surface area (Å²) in [5.41, 5.74) is 7.41. The van der Waals surface area contributed by atoms with E-state index in [0.29, 0.717) is 11.8 Å². The molecule has 0 saturated carbocycles. The van der Waals surface area contributed by atoms with E-state index in [0.717, 1.165) is 23.4 Å². The molecule has 0 saturated heterocycles. The lowest BCUT2D eigenvalue weighted by Gasteiger charge is -2.23. The Balaban J connectivity index is 1.63. The van der Waals surface area contributed by atoms with Gasteiger partial charge >= 0.3 is 0 Å². The van der Waals surface area contributed by atoms with E-state index in [4.69, 9.17) is 5.73 Å². The second-order valence-electron chi connectivity index (χ2n) is 8.24. The number of nitrogens with zero attached hydrogens (tertiary/aromatic N) is 1. The molecule has 8 nitrogen and oxygen atoms in total. The van der Waals surface area contributed by atoms with E-state index >= 15 is 0 Å². The number of rotatable bonds is 7. The number of nitrogens with two attached hydrogens (primary N) is 1. The molecule has 0 spiro atoms. The number of anilines is 2. The number of aliphatic hydroxyl groups is 1. The molecule has 1 heterocycles. The average molecular weight is 457 g/mol. The Morgan fingerprint density at radius 2 is 1.67 bits per heavy atom. The van der Waals surface area contributed by atoms with Crippen LogP contribution in [-0.2, 0) is 15.0 Å². The normalized spacial score (nSPS) is 13.3. The van der Waals surface area contributed by atoms with Crippen molar-refractivity contribution in [1.29, 1.82) is 0 Å². The van der Waals surface area contributed by atoms with E-state index in [-0.39, 0.29) is 11.4 Å². The van der Waals surface area contributed by atoms with Gasteiger partial charge in [-0.25, -0.2) is 8.78 Å². The molecule has 174 valence electrons. The van der Waals surface area contributed by atoms with Crippen LogP contribution in [-0.4, -0.2) is 33.2 Å². The standard InChI is InChI=1S/C23H25F2N5O3/c1-12(27-22(33)20(31)13-8-15(24)10-16(25)9-13)21(32)28-19-11-18(29-30-19)23(2,3)14-4-6-17(26)7-5-14/h4-12,20,31H,26H2,1-3H3,(H,27,33)(H2,28,29,30,32). The number of carbonyl (C=O) groups excluding carboxylic acids is 2. The van der Waals surface area contributed by atoms with Gasteiger partial charge in [0.05, 0.1) is 0 Å². The van der Waals surface area contributed by atoms with Gasteiger partial charge in [-0.15, -0.1) is 0 Å². The number of aromatic nitrogens is 2. The molecule has 1 aromatic heterocycles. The molecule has 0 aliphatic heterocycles. The molecule has 2 atom stereocenters. The summed E-state index contributed by atoms with van der Waals surface area (Å²) in [7, 11) is 0. The Morgan fingerprint density at radius 1 is 1.06 bits per heavy atom. The smallest absolute Gasteiger partial charge is 0.254 e. The third-order valence-electron chi connectivity index (χ3n) is 5.34. The number of aromatic amines is 1. The third-order valence-corrected chi connectivity index (χ3v) is 5.34. The topological polar surface area (TPSA) is 133 Å². The van der Waals surface area contributed by atoms with Crippen molar-refractivity contribution in [3.8, 4) is 0 Å². The molecule has 0 radical (unpaired) electrons. The average Bonchev–Trinajstić information content (AvgIpc) is 3.22. The van der Waals surface area contributed by atoms with Crippen LogP contribution in [0.4, 0.5) is 20.3 Å². The molecule has 3 aromatic rings. The maximum absolute atomic E-state index is 13.3. The molecular weight excluding hydrogens is 432 g/mol. The van der Waals surface area contributed by atoms with Gasteiger partial charge in [0.25, 0.3) is 5.91 Å². The molecule has 6 N–H and O–H groups in total. The van der Waals surface area contributed by atoms with Gasteiger partial charge in [-0.3, -0.25) is 14.7 Å². The maximum atomic E-state index is 13.3. The van der Waals surface area contributed by atoms with E-state index in [1.165, 1.54) is 6.92 Å². The molecule has 33 heavy (non-hydrogen) atoms. The lowest BCUT2D eigenvalue weighted by atomic mass is 9.81. The highest BCUT2D eigenvalue weighted by molar-refractivity contribution is 5.97. The zero-order chi connectivity index (χ0) is 24.3. The minimum atomic E-state index is -1.84. The van der Waals surface area contributed by atoms with Gasteiger partial charge in [0.15, 0.2) is 11.9 Å². The number of benzene rings is 2. The Bertz CT molecular complexity index is 1140. The molecule has 3 rings (SSSR count). The van der Waals surface area contributed by atoms with E-state index in [2.05, 4.69) is 20.8 Å². The van der Waals surface area contributed by atoms with Crippen molar-refractivity contribution in [2.45, 2.75) is 38.3 Å². The van der Waals surface area contributed by atoms with Gasteiger partial charge in [0.2, 0.25) is 5.91 Å². The molecule has 0 fully saturated rings. The fourth-order valence-electron chi connectivity index (χ4n) is 3.24. The monoisotopic (exact) mass is 457 g/mol. The number of halogens is 2. The van der Waals surface area contributed by atoms with E-state index in [9.17, 15) is 23.5 Å². The number of H-pyrrole nitrogens is 1. The van der Waals surface area contributed by atoms with Crippen LogP contribution in [0.3, 0.4) is 0 Å². The molecular formula is C23H25F2N5O3. The van der Waals surface area contributed by atoms with E-state index in [1.807, 2.05) is 26.0 Å². The molecule has 0 bridgehead atoms. The molecule has 0 aliphatic rings. The predicted molar refractivity (Wildman–Crippen MR) is 119 cm³/mol. The minimum Gasteiger partial charge on any atom is -0.399 e. The number of carbonyl (C=O) groups is 2. The Kier molecular flexibility index (Phi) is 6.78. The van der Waals surface area contributed by atoms with Gasteiger partial charge in [0, 0.05) is 28.9 Å². The van der Waals surface area contributed by atoms with Crippen LogP contribution in [0.1, 0.15) is 43.7 Å². The fraction of sp³-hybridized carbons (Fsp3) is 0.261. The van der Waals surface area contributed by atoms with Gasteiger partial charge in [0.1, 0.15) is 17.7 Å². The summed E-state index contributed by atoms with van der Waals surface area (Å²) in [6.07, 6.45) is -1.84. The van der Waals surface area contributed by atoms with Crippen molar-refractivity contribution in [2.24, 2.45) is 0 Å². The summed E-state index contributed by atoms with van der Waals surface area (Å²) in [6.45, 7) is 5.37. The van der Waals surface area contributed by atoms with Gasteiger partial charge < -0.3 is 21.5 Å². The third kappa shape index (κ3) is 5.53. The highest BCUT2D eigenvalue weighted by Gasteiger charge is 2.27. The van der Waals surface area contributed by atoms with Gasteiger partial charge in [-0.05, 0) is 42.3 Å². The Hall–Kier alpha value is -3.79. The van der Waals surface area contributed by atoms with Crippen molar-refractivity contribution >= 4 is 23.3 Å². The number of amides is 2. The number of hydrogen-bond acceptors (Lipinski definition) is 5. The molecule has 2 unspecified atom stereocenters. The summed E-state index contributed by atoms with van der Waals surface area (Å²) in [6, 6.07) is 10.3. The lowest BCUT2D eigenvalue weighted by Crippen LogP contribution is -2.43. The van der Waals surface area contributed by atoms with Crippen LogP contribution in [0.25, 0.3) is 0 Å². The second kappa shape index (κ2) is 9.37. The molecule has 0 aliphatic carbocycles. The van der Waals surface area contributed by atoms with Crippen LogP contribution in [0, 0.1) is 11.6 Å². The number of nitrogen functional groups attached to an aromatic ring is 1. The Morgan fingerprint density at radius 3 is 2.27 bits per heavy atom. The minimum absolute atomic E-state index is 0.243. The SMILES string of the molecule is CC(NC(=O)C(O)c1cc(F)cc(F)c1)C(=O)Nc1cc(C(C)(C)c2ccc(N)cc2)[nH]n1. The zero-order valence-corrected chi connectivity index (χ0v) is 18.3. The highest BCUT2D eigenvalue weighted by Crippen LogP contribution is 2.31. The first-order chi connectivity index (χ1) is 15.5. The van der Waals surface area contributed by atoms with Crippen molar-refractivity contribution in [1.82, 2.24) is 15.5 Å². The van der Waals surface area contributed by atoms with Crippen LogP contribution < -0.4 is 16.4 Å². The first-order valence-corrected chi connectivity index (χ1v) is 10.1. The zero-order valence-electron chi connectivity index (χ0n) is 18.3. The maximum Gasteiger partial charge on any atom is 0.254 e. The van der Waals surface area contributed by atoms with Crippen molar-refractivity contribution in [2.75, 3.05) is 11.1 Å². The predicted octanol–water partition coefficient (Wildman–Crippen LogP) is 2.77. The summed E-state index contributed by atoms with van der Waals surface area (Å²) in [5, 5.41) is 22.0. The molecule has 2 aromatic carbocycles. The quantitative estimate of drug-likeness (QED) is 0.348. The van der Waals surface area contributed by atoms with Crippen molar-refractivity contribution < 1.29 is 23.5 Å². The van der Waals surface area contributed by atoms with Crippen LogP contribution in [0.15, 0.2) is 48.5 Å². The fourth-order valence-corrected chi connectivity index (χ4v) is 3.24. The molecule has 2 amide bonds. The van der Waals surface area contributed by atoms with Crippen LogP contribution in [0.2, 0.25) is 0 Å². The molecule has 10 heteroatoms. The van der Waals surface area contributed by atoms with Gasteiger partial charge in [-0.1, -0.05) is 26.0 Å². The van der Waals surface area contributed by atoms with Crippen LogP contribution in [0.5, 0.6) is 0 Å². The second-order valence-corrected chi connectivity index (χ2v) is 8.24. The summed E-state index contributed by atoms with van der Waals surface area (Å²) < 4.78 is 26.7. The van der Waals surface area contributed by atoms with E-state index < -0.39 is 41.0 Å².